The maximum absolute atomic E-state index is 16.3. The number of anilines is 5. The van der Waals surface area contributed by atoms with Crippen molar-refractivity contribution < 1.29 is 28.3 Å². The summed E-state index contributed by atoms with van der Waals surface area (Å²) in [6.45, 7) is 5.13. The molecule has 3 amide bonds. The Morgan fingerprint density at radius 3 is 1.87 bits per heavy atom. The van der Waals surface area contributed by atoms with Gasteiger partial charge in [0.2, 0.25) is 8.41 Å². The SMILES string of the molecule is C[C@@H]1[C@@H]([Si](C)(C)F)[C@H](CCO)O[C@@]12C(=O)N(Cc1cccc(N3C(=O)c4cccc5cccc3c45)c1)c1ccc(N3C(=O)c4cccc5cccc3c45)cc12. The first-order chi connectivity index (χ1) is 26.5. The Balaban J connectivity index is 1.08. The summed E-state index contributed by atoms with van der Waals surface area (Å²) in [5.74, 6) is -1.15. The summed E-state index contributed by atoms with van der Waals surface area (Å²) < 4.78 is 23.2. The molecule has 6 aromatic carbocycles. The molecule has 0 unspecified atom stereocenters. The Morgan fingerprint density at radius 2 is 1.29 bits per heavy atom. The smallest absolute Gasteiger partial charge is 0.264 e. The van der Waals surface area contributed by atoms with Crippen molar-refractivity contribution in [3.63, 3.8) is 0 Å². The van der Waals surface area contributed by atoms with Crippen molar-refractivity contribution in [2.75, 3.05) is 21.3 Å². The lowest BCUT2D eigenvalue weighted by Crippen LogP contribution is -2.45. The minimum Gasteiger partial charge on any atom is -0.396 e. The maximum atomic E-state index is 16.3. The Bertz CT molecular complexity index is 2650. The van der Waals surface area contributed by atoms with Crippen LogP contribution in [-0.2, 0) is 21.7 Å². The molecule has 0 aliphatic carbocycles. The molecule has 1 spiro atoms. The highest BCUT2D eigenvalue weighted by Crippen LogP contribution is 2.61. The average Bonchev–Trinajstić information content (AvgIpc) is 3.82. The summed E-state index contributed by atoms with van der Waals surface area (Å²) in [5, 5.41) is 13.8. The van der Waals surface area contributed by atoms with E-state index in [0.717, 1.165) is 38.5 Å². The van der Waals surface area contributed by atoms with Gasteiger partial charge < -0.3 is 18.9 Å². The number of carbonyl (C=O) groups is 3. The van der Waals surface area contributed by atoms with Gasteiger partial charge in [0.05, 0.1) is 40.8 Å². The molecular formula is C45H38FN3O5Si. The molecule has 6 aromatic rings. The lowest BCUT2D eigenvalue weighted by molar-refractivity contribution is -0.146. The summed E-state index contributed by atoms with van der Waals surface area (Å²) in [7, 11) is -3.44. The summed E-state index contributed by atoms with van der Waals surface area (Å²) >= 11 is 0. The molecule has 4 aliphatic rings. The number of aliphatic hydroxyl groups is 1. The zero-order valence-corrected chi connectivity index (χ0v) is 31.6. The number of rotatable bonds is 7. The number of nitrogens with zero attached hydrogens (tertiary/aromatic N) is 3. The van der Waals surface area contributed by atoms with Gasteiger partial charge in [0.1, 0.15) is 0 Å². The van der Waals surface area contributed by atoms with Crippen LogP contribution in [0.5, 0.6) is 0 Å². The predicted octanol–water partition coefficient (Wildman–Crippen LogP) is 9.28. The van der Waals surface area contributed by atoms with Crippen LogP contribution in [0.4, 0.5) is 32.5 Å². The van der Waals surface area contributed by atoms with Gasteiger partial charge in [0, 0.05) is 45.8 Å². The van der Waals surface area contributed by atoms with Crippen molar-refractivity contribution in [2.45, 2.75) is 50.2 Å². The Labute approximate surface area is 318 Å². The van der Waals surface area contributed by atoms with E-state index >= 15 is 8.90 Å². The fraction of sp³-hybridized carbons (Fsp3) is 0.222. The van der Waals surface area contributed by atoms with E-state index in [0.29, 0.717) is 33.8 Å². The Morgan fingerprint density at radius 1 is 0.727 bits per heavy atom. The van der Waals surface area contributed by atoms with Crippen LogP contribution in [0.1, 0.15) is 45.2 Å². The molecule has 10 heteroatoms. The van der Waals surface area contributed by atoms with Crippen molar-refractivity contribution in [3.05, 3.63) is 138 Å². The predicted molar refractivity (Wildman–Crippen MR) is 215 cm³/mol. The molecular weight excluding hydrogens is 710 g/mol. The molecule has 0 saturated carbocycles. The molecule has 0 radical (unpaired) electrons. The monoisotopic (exact) mass is 747 g/mol. The van der Waals surface area contributed by atoms with Crippen LogP contribution in [0, 0.1) is 5.92 Å². The lowest BCUT2D eigenvalue weighted by Gasteiger charge is -2.31. The third-order valence-corrected chi connectivity index (χ3v) is 14.7. The van der Waals surface area contributed by atoms with Gasteiger partial charge in [-0.15, -0.1) is 0 Å². The minimum absolute atomic E-state index is 0.112. The van der Waals surface area contributed by atoms with Crippen molar-refractivity contribution in [1.29, 1.82) is 0 Å². The molecule has 1 fully saturated rings. The first-order valence-corrected chi connectivity index (χ1v) is 21.7. The minimum atomic E-state index is -3.44. The van der Waals surface area contributed by atoms with Crippen LogP contribution in [0.25, 0.3) is 21.5 Å². The fourth-order valence-electron chi connectivity index (χ4n) is 10.0. The summed E-state index contributed by atoms with van der Waals surface area (Å²) in [6, 6.07) is 36.4. The van der Waals surface area contributed by atoms with E-state index in [-0.39, 0.29) is 37.3 Å². The number of aliphatic hydroxyl groups excluding tert-OH is 1. The van der Waals surface area contributed by atoms with Gasteiger partial charge in [0.15, 0.2) is 5.60 Å². The molecule has 0 aromatic heterocycles. The summed E-state index contributed by atoms with van der Waals surface area (Å²) in [5.41, 5.74) is 3.96. The maximum Gasteiger partial charge on any atom is 0.264 e. The van der Waals surface area contributed by atoms with E-state index in [1.807, 2.05) is 122 Å². The highest BCUT2D eigenvalue weighted by molar-refractivity contribution is 6.72. The van der Waals surface area contributed by atoms with Crippen LogP contribution in [0.15, 0.2) is 115 Å². The van der Waals surface area contributed by atoms with Gasteiger partial charge in [-0.3, -0.25) is 24.2 Å². The highest BCUT2D eigenvalue weighted by atomic mass is 28.4. The number of benzene rings is 6. The first kappa shape index (κ1) is 33.9. The number of halogens is 1. The van der Waals surface area contributed by atoms with Gasteiger partial charge in [-0.2, -0.15) is 0 Å². The average molecular weight is 748 g/mol. The zero-order chi connectivity index (χ0) is 38.0. The van der Waals surface area contributed by atoms with Crippen molar-refractivity contribution in [2.24, 2.45) is 5.92 Å². The van der Waals surface area contributed by atoms with Crippen LogP contribution >= 0.6 is 0 Å². The summed E-state index contributed by atoms with van der Waals surface area (Å²) in [4.78, 5) is 48.2. The molecule has 0 bridgehead atoms. The quantitative estimate of drug-likeness (QED) is 0.130. The van der Waals surface area contributed by atoms with E-state index in [9.17, 15) is 14.7 Å². The van der Waals surface area contributed by atoms with E-state index in [4.69, 9.17) is 4.74 Å². The molecule has 274 valence electrons. The van der Waals surface area contributed by atoms with E-state index < -0.39 is 31.6 Å². The molecule has 1 N–H and O–H groups in total. The fourth-order valence-corrected chi connectivity index (χ4v) is 12.6. The van der Waals surface area contributed by atoms with Crippen LogP contribution < -0.4 is 14.7 Å². The largest absolute Gasteiger partial charge is 0.396 e. The molecule has 4 heterocycles. The van der Waals surface area contributed by atoms with Gasteiger partial charge in [-0.1, -0.05) is 67.6 Å². The van der Waals surface area contributed by atoms with Crippen LogP contribution in [0.3, 0.4) is 0 Å². The lowest BCUT2D eigenvalue weighted by atomic mass is 9.82. The van der Waals surface area contributed by atoms with Gasteiger partial charge in [-0.05, 0) is 90.4 Å². The van der Waals surface area contributed by atoms with Crippen molar-refractivity contribution in [3.8, 4) is 0 Å². The topological polar surface area (TPSA) is 90.4 Å². The second-order valence-corrected chi connectivity index (χ2v) is 19.5. The molecule has 55 heavy (non-hydrogen) atoms. The highest BCUT2D eigenvalue weighted by Gasteiger charge is 2.66. The van der Waals surface area contributed by atoms with E-state index in [1.165, 1.54) is 0 Å². The Hall–Kier alpha value is -5.68. The van der Waals surface area contributed by atoms with Gasteiger partial charge in [-0.25, -0.2) is 0 Å². The van der Waals surface area contributed by atoms with Crippen molar-refractivity contribution in [1.82, 2.24) is 0 Å². The van der Waals surface area contributed by atoms with Crippen LogP contribution in [-0.4, -0.2) is 43.9 Å². The third-order valence-electron chi connectivity index (χ3n) is 12.2. The normalized spacial score (nSPS) is 22.7. The standard InChI is InChI=1S/C45H38FN3O5Si/c1-26-41(55(2,3)46)38(21-22-50)54-45(26)34-24-31(49-37-18-8-13-29-11-6-16-33(40(29)37)43(49)52)19-20-35(34)47(44(45)53)25-27-9-4-14-30(23-27)48-36-17-7-12-28-10-5-15-32(39(28)36)42(48)51/h4-20,23-24,26,38,41,50H,21-22,25H2,1-3H3/t26-,38+,41-,45+/m1/s1. The Kier molecular flexibility index (Phi) is 7.33. The van der Waals surface area contributed by atoms with Gasteiger partial charge in [0.25, 0.3) is 17.7 Å². The molecule has 10 rings (SSSR count). The number of amides is 3. The molecule has 8 nitrogen and oxygen atoms in total. The number of carbonyl (C=O) groups excluding carboxylic acids is 3. The zero-order valence-electron chi connectivity index (χ0n) is 30.6. The third kappa shape index (κ3) is 4.65. The second-order valence-electron chi connectivity index (χ2n) is 15.7. The van der Waals surface area contributed by atoms with E-state index in [1.54, 1.807) is 27.8 Å². The number of hydrogen-bond acceptors (Lipinski definition) is 5. The first-order valence-electron chi connectivity index (χ1n) is 18.8. The number of hydrogen-bond donors (Lipinski definition) is 1. The summed E-state index contributed by atoms with van der Waals surface area (Å²) in [6.07, 6.45) is -0.477. The van der Waals surface area contributed by atoms with Crippen molar-refractivity contribution >= 4 is 76.1 Å². The van der Waals surface area contributed by atoms with Gasteiger partial charge >= 0.3 is 0 Å². The molecule has 1 saturated heterocycles. The van der Waals surface area contributed by atoms with Crippen LogP contribution in [0.2, 0.25) is 18.6 Å². The molecule has 4 atom stereocenters. The number of ether oxygens (including phenoxy) is 1. The number of fused-ring (bicyclic) bond motifs is 2. The van der Waals surface area contributed by atoms with E-state index in [2.05, 4.69) is 0 Å². The molecule has 4 aliphatic heterocycles. The second kappa shape index (κ2) is 11.9.